The molecule has 16 nitrogen and oxygen atoms in total. The van der Waals surface area contributed by atoms with Gasteiger partial charge in [0.05, 0.1) is 20.8 Å². The minimum Gasteiger partial charge on any atom is -0.280 e. The number of H-pyrrole nitrogens is 2. The van der Waals surface area contributed by atoms with Crippen molar-refractivity contribution in [1.82, 2.24) is 20.4 Å². The minimum absolute atomic E-state index is 0.132. The molecule has 0 spiro atoms. The topological polar surface area (TPSA) is 266 Å². The average molecular weight is 753 g/mol. The molecule has 0 fully saturated rings. The summed E-state index contributed by atoms with van der Waals surface area (Å²) in [4.78, 5) is -1.26. The van der Waals surface area contributed by atoms with Gasteiger partial charge in [-0.25, -0.2) is 33.7 Å². The van der Waals surface area contributed by atoms with E-state index in [0.717, 1.165) is 12.5 Å². The van der Waals surface area contributed by atoms with E-state index in [-0.39, 0.29) is 42.3 Å². The second kappa shape index (κ2) is 13.2. The summed E-state index contributed by atoms with van der Waals surface area (Å²) >= 11 is 0. The highest BCUT2D eigenvalue weighted by molar-refractivity contribution is 7.95. The standard InChI is InChI=1S/2C15H12N4O4S2/c2*1-24(20,21)14-4-2-3-5-15(14)25(22,23)19-10-6-7-12-11(8-10)13(9-16)18-17-12/h2*2-8,19H,1H3,(H,17,18). The molecule has 0 bridgehead atoms. The Kier molecular flexibility index (Phi) is 9.41. The Balaban J connectivity index is 0.000000194. The van der Waals surface area contributed by atoms with E-state index in [1.165, 1.54) is 72.8 Å². The predicted molar refractivity (Wildman–Crippen MR) is 182 cm³/mol. The number of aromatic nitrogens is 4. The molecule has 6 rings (SSSR count). The molecule has 0 saturated heterocycles. The second-order valence-electron chi connectivity index (χ2n) is 10.5. The first-order valence-corrected chi connectivity index (χ1v) is 20.6. The predicted octanol–water partition coefficient (Wildman–Crippen LogP) is 3.28. The molecule has 50 heavy (non-hydrogen) atoms. The Bertz CT molecular complexity index is 2640. The molecule has 0 aliphatic carbocycles. The maximum absolute atomic E-state index is 12.6. The van der Waals surface area contributed by atoms with Crippen molar-refractivity contribution in [2.45, 2.75) is 19.6 Å². The van der Waals surface area contributed by atoms with Crippen molar-refractivity contribution in [2.75, 3.05) is 22.0 Å². The highest BCUT2D eigenvalue weighted by atomic mass is 32.2. The lowest BCUT2D eigenvalue weighted by Gasteiger charge is -2.11. The fraction of sp³-hybridized carbons (Fsp3) is 0.0667. The zero-order valence-corrected chi connectivity index (χ0v) is 29.0. The van der Waals surface area contributed by atoms with Crippen molar-refractivity contribution in [1.29, 1.82) is 10.5 Å². The first-order chi connectivity index (χ1) is 23.4. The number of sulfonamides is 2. The average Bonchev–Trinajstić information content (AvgIpc) is 3.67. The normalized spacial score (nSPS) is 12.0. The Morgan fingerprint density at radius 2 is 0.880 bits per heavy atom. The van der Waals surface area contributed by atoms with Gasteiger partial charge in [0, 0.05) is 34.7 Å². The Labute approximate surface area is 286 Å². The smallest absolute Gasteiger partial charge is 0.263 e. The quantitative estimate of drug-likeness (QED) is 0.175. The number of nitriles is 2. The summed E-state index contributed by atoms with van der Waals surface area (Å²) in [6.07, 6.45) is 1.89. The molecule has 0 aliphatic heterocycles. The van der Waals surface area contributed by atoms with E-state index in [9.17, 15) is 33.7 Å². The zero-order chi connectivity index (χ0) is 36.5. The molecule has 6 aromatic rings. The number of anilines is 2. The lowest BCUT2D eigenvalue weighted by atomic mass is 10.2. The van der Waals surface area contributed by atoms with Crippen LogP contribution in [-0.4, -0.2) is 66.6 Å². The Morgan fingerprint density at radius 3 is 1.20 bits per heavy atom. The van der Waals surface area contributed by atoms with Gasteiger partial charge in [0.25, 0.3) is 20.0 Å². The molecule has 0 aliphatic rings. The van der Waals surface area contributed by atoms with Gasteiger partial charge in [-0.1, -0.05) is 24.3 Å². The SMILES string of the molecule is CS(=O)(=O)c1ccccc1S(=O)(=O)Nc1ccc2[nH]nc(C#N)c2c1.CS(=O)(=O)c1ccccc1S(=O)(=O)Nc1ccc2[nH]nc(C#N)c2c1. The maximum atomic E-state index is 12.6. The van der Waals surface area contributed by atoms with Crippen LogP contribution in [0.2, 0.25) is 0 Å². The van der Waals surface area contributed by atoms with Crippen LogP contribution in [0.4, 0.5) is 11.4 Å². The summed E-state index contributed by atoms with van der Waals surface area (Å²) in [6, 6.07) is 23.5. The van der Waals surface area contributed by atoms with E-state index in [0.29, 0.717) is 21.8 Å². The van der Waals surface area contributed by atoms with Gasteiger partial charge in [-0.15, -0.1) is 0 Å². The van der Waals surface area contributed by atoms with E-state index in [1.54, 1.807) is 12.1 Å². The third-order valence-electron chi connectivity index (χ3n) is 6.92. The molecule has 0 atom stereocenters. The van der Waals surface area contributed by atoms with Gasteiger partial charge in [0.2, 0.25) is 0 Å². The Hall–Kier alpha value is -5.80. The van der Waals surface area contributed by atoms with Crippen LogP contribution in [0.3, 0.4) is 0 Å². The molecule has 20 heteroatoms. The van der Waals surface area contributed by atoms with Crippen molar-refractivity contribution in [3.63, 3.8) is 0 Å². The van der Waals surface area contributed by atoms with Crippen LogP contribution in [0.5, 0.6) is 0 Å². The molecule has 4 aromatic carbocycles. The molecule has 0 saturated carbocycles. The molecule has 0 unspecified atom stereocenters. The zero-order valence-electron chi connectivity index (χ0n) is 25.8. The summed E-state index contributed by atoms with van der Waals surface area (Å²) in [5.41, 5.74) is 1.80. The van der Waals surface area contributed by atoms with E-state index < -0.39 is 39.7 Å². The van der Waals surface area contributed by atoms with Gasteiger partial charge in [-0.3, -0.25) is 19.6 Å². The minimum atomic E-state index is -4.14. The monoisotopic (exact) mass is 752 g/mol. The van der Waals surface area contributed by atoms with Gasteiger partial charge in [0.1, 0.15) is 21.9 Å². The summed E-state index contributed by atoms with van der Waals surface area (Å²) in [6.45, 7) is 0. The van der Waals surface area contributed by atoms with Crippen LogP contribution >= 0.6 is 0 Å². The first kappa shape index (κ1) is 35.5. The Morgan fingerprint density at radius 1 is 0.540 bits per heavy atom. The number of benzene rings is 4. The van der Waals surface area contributed by atoms with Gasteiger partial charge in [0.15, 0.2) is 31.1 Å². The van der Waals surface area contributed by atoms with Crippen LogP contribution in [0.15, 0.2) is 105 Å². The summed E-state index contributed by atoms with van der Waals surface area (Å²) < 4.78 is 103. The number of hydrogen-bond acceptors (Lipinski definition) is 12. The number of rotatable bonds is 8. The first-order valence-electron chi connectivity index (χ1n) is 13.8. The molecular formula is C30H24N8O8S4. The van der Waals surface area contributed by atoms with Crippen LogP contribution in [0.25, 0.3) is 21.8 Å². The number of sulfone groups is 2. The number of fused-ring (bicyclic) bond motifs is 2. The maximum Gasteiger partial charge on any atom is 0.263 e. The van der Waals surface area contributed by atoms with Crippen molar-refractivity contribution in [2.24, 2.45) is 0 Å². The number of aromatic amines is 2. The second-order valence-corrected chi connectivity index (χ2v) is 17.8. The van der Waals surface area contributed by atoms with Crippen molar-refractivity contribution >= 4 is 72.9 Å². The molecule has 2 heterocycles. The van der Waals surface area contributed by atoms with Gasteiger partial charge < -0.3 is 0 Å². The van der Waals surface area contributed by atoms with E-state index >= 15 is 0 Å². The number of hydrogen-bond donors (Lipinski definition) is 4. The van der Waals surface area contributed by atoms with E-state index in [1.807, 2.05) is 12.1 Å². The van der Waals surface area contributed by atoms with Crippen molar-refractivity contribution in [3.8, 4) is 12.1 Å². The van der Waals surface area contributed by atoms with Crippen LogP contribution in [-0.2, 0) is 39.7 Å². The van der Waals surface area contributed by atoms with E-state index in [4.69, 9.17) is 10.5 Å². The van der Waals surface area contributed by atoms with Crippen LogP contribution in [0, 0.1) is 22.7 Å². The number of nitrogens with zero attached hydrogens (tertiary/aromatic N) is 4. The highest BCUT2D eigenvalue weighted by Gasteiger charge is 2.25. The molecular weight excluding hydrogens is 729 g/mol. The molecule has 2 aromatic heterocycles. The van der Waals surface area contributed by atoms with Crippen molar-refractivity contribution in [3.05, 3.63) is 96.3 Å². The number of nitrogens with one attached hydrogen (secondary N) is 4. The summed E-state index contributed by atoms with van der Waals surface area (Å²) in [5.74, 6) is 0. The lowest BCUT2D eigenvalue weighted by Crippen LogP contribution is -2.16. The fourth-order valence-corrected chi connectivity index (χ4v) is 10.1. The molecule has 0 amide bonds. The molecule has 4 N–H and O–H groups in total. The third kappa shape index (κ3) is 7.43. The molecule has 256 valence electrons. The van der Waals surface area contributed by atoms with E-state index in [2.05, 4.69) is 29.8 Å². The van der Waals surface area contributed by atoms with Crippen LogP contribution < -0.4 is 9.44 Å². The van der Waals surface area contributed by atoms with Gasteiger partial charge in [-0.2, -0.15) is 20.7 Å². The van der Waals surface area contributed by atoms with Gasteiger partial charge in [-0.05, 0) is 60.7 Å². The fourth-order valence-electron chi connectivity index (χ4n) is 4.70. The van der Waals surface area contributed by atoms with Crippen LogP contribution in [0.1, 0.15) is 11.4 Å². The molecule has 0 radical (unpaired) electrons. The van der Waals surface area contributed by atoms with Gasteiger partial charge >= 0.3 is 0 Å². The van der Waals surface area contributed by atoms with Crippen molar-refractivity contribution < 1.29 is 33.7 Å². The highest BCUT2D eigenvalue weighted by Crippen LogP contribution is 2.27. The summed E-state index contributed by atoms with van der Waals surface area (Å²) in [7, 11) is -15.7. The summed E-state index contributed by atoms with van der Waals surface area (Å²) in [5, 5.41) is 31.9. The third-order valence-corrected chi connectivity index (χ3v) is 12.4. The lowest BCUT2D eigenvalue weighted by molar-refractivity contribution is 0.588. The largest absolute Gasteiger partial charge is 0.280 e.